The lowest BCUT2D eigenvalue weighted by atomic mass is 10.1. The summed E-state index contributed by atoms with van der Waals surface area (Å²) in [6, 6.07) is 0.483. The zero-order valence-electron chi connectivity index (χ0n) is 10.7. The Balaban J connectivity index is 2.26. The molecule has 2 rings (SSSR count). The topological polar surface area (TPSA) is 64.3 Å². The summed E-state index contributed by atoms with van der Waals surface area (Å²) in [5, 5.41) is 0. The molecule has 1 aliphatic heterocycles. The highest BCUT2D eigenvalue weighted by atomic mass is 16.5. The minimum Gasteiger partial charge on any atom is -0.383 e. The molecular formula is C12H20N4O. The van der Waals surface area contributed by atoms with Crippen LogP contribution < -0.4 is 10.6 Å². The highest BCUT2D eigenvalue weighted by Gasteiger charge is 2.21. The molecule has 0 saturated carbocycles. The van der Waals surface area contributed by atoms with E-state index in [1.165, 1.54) is 0 Å². The van der Waals surface area contributed by atoms with Crippen molar-refractivity contribution >= 4 is 11.6 Å². The number of nitrogens with zero attached hydrogens (tertiary/aromatic N) is 3. The molecule has 0 spiro atoms. The van der Waals surface area contributed by atoms with E-state index in [0.717, 1.165) is 43.3 Å². The van der Waals surface area contributed by atoms with Gasteiger partial charge in [0.05, 0.1) is 0 Å². The molecule has 17 heavy (non-hydrogen) atoms. The van der Waals surface area contributed by atoms with Gasteiger partial charge in [-0.2, -0.15) is 0 Å². The zero-order valence-corrected chi connectivity index (χ0v) is 10.7. The molecule has 0 bridgehead atoms. The van der Waals surface area contributed by atoms with Gasteiger partial charge in [-0.25, -0.2) is 9.97 Å². The molecule has 5 nitrogen and oxygen atoms in total. The Morgan fingerprint density at radius 1 is 1.24 bits per heavy atom. The van der Waals surface area contributed by atoms with Crippen molar-refractivity contribution in [3.05, 3.63) is 11.4 Å². The van der Waals surface area contributed by atoms with Gasteiger partial charge in [0.1, 0.15) is 17.5 Å². The van der Waals surface area contributed by atoms with Crippen LogP contribution in [0.1, 0.15) is 24.2 Å². The second-order valence-electron chi connectivity index (χ2n) is 4.56. The van der Waals surface area contributed by atoms with Crippen LogP contribution in [0.15, 0.2) is 0 Å². The van der Waals surface area contributed by atoms with Crippen molar-refractivity contribution in [3.8, 4) is 0 Å². The minimum atomic E-state index is 0.483. The molecule has 1 saturated heterocycles. The number of nitrogen functional groups attached to an aromatic ring is 1. The largest absolute Gasteiger partial charge is 0.383 e. The Hall–Kier alpha value is -1.36. The molecule has 0 radical (unpaired) electrons. The maximum absolute atomic E-state index is 5.89. The minimum absolute atomic E-state index is 0.483. The number of rotatable bonds is 2. The number of hydrogen-bond donors (Lipinski definition) is 1. The van der Waals surface area contributed by atoms with Gasteiger partial charge in [-0.1, -0.05) is 0 Å². The third kappa shape index (κ3) is 2.49. The van der Waals surface area contributed by atoms with Crippen LogP contribution >= 0.6 is 0 Å². The van der Waals surface area contributed by atoms with Gasteiger partial charge in [0.25, 0.3) is 0 Å². The van der Waals surface area contributed by atoms with Gasteiger partial charge in [0.15, 0.2) is 0 Å². The summed E-state index contributed by atoms with van der Waals surface area (Å²) in [7, 11) is 2.07. The molecule has 1 fully saturated rings. The summed E-state index contributed by atoms with van der Waals surface area (Å²) in [4.78, 5) is 10.9. The lowest BCUT2D eigenvalue weighted by molar-refractivity contribution is 0.0853. The van der Waals surface area contributed by atoms with Crippen LogP contribution in [0.4, 0.5) is 11.6 Å². The van der Waals surface area contributed by atoms with E-state index < -0.39 is 0 Å². The monoisotopic (exact) mass is 236 g/mol. The summed E-state index contributed by atoms with van der Waals surface area (Å²) in [5.74, 6) is 2.25. The van der Waals surface area contributed by atoms with Crippen molar-refractivity contribution in [1.82, 2.24) is 9.97 Å². The fraction of sp³-hybridized carbons (Fsp3) is 0.667. The van der Waals surface area contributed by atoms with E-state index in [0.29, 0.717) is 11.9 Å². The van der Waals surface area contributed by atoms with Crippen LogP contribution in [0, 0.1) is 13.8 Å². The van der Waals surface area contributed by atoms with Gasteiger partial charge in [-0.15, -0.1) is 0 Å². The first-order valence-corrected chi connectivity index (χ1v) is 6.01. The van der Waals surface area contributed by atoms with Gasteiger partial charge >= 0.3 is 0 Å². The maximum Gasteiger partial charge on any atom is 0.137 e. The van der Waals surface area contributed by atoms with Crippen molar-refractivity contribution in [2.75, 3.05) is 30.9 Å². The van der Waals surface area contributed by atoms with Crippen LogP contribution in [-0.2, 0) is 4.74 Å². The molecule has 94 valence electrons. The first kappa shape index (κ1) is 12.1. The molecule has 2 heterocycles. The Bertz CT molecular complexity index is 402. The van der Waals surface area contributed by atoms with Gasteiger partial charge in [0, 0.05) is 31.9 Å². The molecule has 1 aromatic rings. The number of nitrogens with two attached hydrogens (primary N) is 1. The van der Waals surface area contributed by atoms with Crippen molar-refractivity contribution in [1.29, 1.82) is 0 Å². The lowest BCUT2D eigenvalue weighted by Crippen LogP contribution is -2.37. The molecule has 1 aliphatic rings. The summed E-state index contributed by atoms with van der Waals surface area (Å²) >= 11 is 0. The lowest BCUT2D eigenvalue weighted by Gasteiger charge is -2.33. The Kier molecular flexibility index (Phi) is 3.47. The summed E-state index contributed by atoms with van der Waals surface area (Å²) in [6.45, 7) is 5.50. The number of aryl methyl sites for hydroxylation is 1. The Labute approximate surface area is 102 Å². The fourth-order valence-corrected chi connectivity index (χ4v) is 2.22. The van der Waals surface area contributed by atoms with Crippen LogP contribution in [0.2, 0.25) is 0 Å². The number of anilines is 2. The van der Waals surface area contributed by atoms with Crippen molar-refractivity contribution in [3.63, 3.8) is 0 Å². The maximum atomic E-state index is 5.89. The van der Waals surface area contributed by atoms with Crippen LogP contribution in [0.5, 0.6) is 0 Å². The molecule has 5 heteroatoms. The SMILES string of the molecule is Cc1nc(N)c(C)c(N(C)C2CCOCC2)n1. The highest BCUT2D eigenvalue weighted by molar-refractivity contribution is 5.56. The van der Waals surface area contributed by atoms with E-state index >= 15 is 0 Å². The van der Waals surface area contributed by atoms with E-state index in [4.69, 9.17) is 10.5 Å². The average molecular weight is 236 g/mol. The Morgan fingerprint density at radius 2 is 1.88 bits per heavy atom. The van der Waals surface area contributed by atoms with Crippen molar-refractivity contribution in [2.45, 2.75) is 32.7 Å². The van der Waals surface area contributed by atoms with E-state index in [-0.39, 0.29) is 0 Å². The molecular weight excluding hydrogens is 216 g/mol. The first-order valence-electron chi connectivity index (χ1n) is 6.01. The molecule has 2 N–H and O–H groups in total. The van der Waals surface area contributed by atoms with E-state index in [2.05, 4.69) is 21.9 Å². The summed E-state index contributed by atoms with van der Waals surface area (Å²) in [5.41, 5.74) is 6.85. The zero-order chi connectivity index (χ0) is 12.4. The van der Waals surface area contributed by atoms with E-state index in [1.807, 2.05) is 13.8 Å². The molecule has 1 aromatic heterocycles. The predicted molar refractivity (Wildman–Crippen MR) is 68.2 cm³/mol. The normalized spacial score (nSPS) is 17.1. The smallest absolute Gasteiger partial charge is 0.137 e. The van der Waals surface area contributed by atoms with Gasteiger partial charge in [-0.3, -0.25) is 0 Å². The standard InChI is InChI=1S/C12H20N4O/c1-8-11(13)14-9(2)15-12(8)16(3)10-4-6-17-7-5-10/h10H,4-7H2,1-3H3,(H2,13,14,15). The summed E-state index contributed by atoms with van der Waals surface area (Å²) in [6.07, 6.45) is 2.08. The third-order valence-electron chi connectivity index (χ3n) is 3.34. The fourth-order valence-electron chi connectivity index (χ4n) is 2.22. The molecule has 0 amide bonds. The highest BCUT2D eigenvalue weighted by Crippen LogP contribution is 2.25. The predicted octanol–water partition coefficient (Wildman–Crippen LogP) is 1.29. The van der Waals surface area contributed by atoms with E-state index in [9.17, 15) is 0 Å². The van der Waals surface area contributed by atoms with Gasteiger partial charge < -0.3 is 15.4 Å². The number of hydrogen-bond acceptors (Lipinski definition) is 5. The van der Waals surface area contributed by atoms with Crippen LogP contribution in [0.25, 0.3) is 0 Å². The van der Waals surface area contributed by atoms with Gasteiger partial charge in [0.2, 0.25) is 0 Å². The van der Waals surface area contributed by atoms with Crippen LogP contribution in [0.3, 0.4) is 0 Å². The third-order valence-corrected chi connectivity index (χ3v) is 3.34. The first-order chi connectivity index (χ1) is 8.09. The molecule has 0 aliphatic carbocycles. The Morgan fingerprint density at radius 3 is 2.53 bits per heavy atom. The van der Waals surface area contributed by atoms with E-state index in [1.54, 1.807) is 0 Å². The second kappa shape index (κ2) is 4.87. The van der Waals surface area contributed by atoms with Crippen LogP contribution in [-0.4, -0.2) is 36.3 Å². The van der Waals surface area contributed by atoms with Gasteiger partial charge in [-0.05, 0) is 26.7 Å². The average Bonchev–Trinajstić information content (AvgIpc) is 2.34. The quantitative estimate of drug-likeness (QED) is 0.838. The molecule has 0 aromatic carbocycles. The molecule has 0 unspecified atom stereocenters. The summed E-state index contributed by atoms with van der Waals surface area (Å²) < 4.78 is 5.38. The molecule has 0 atom stereocenters. The van der Waals surface area contributed by atoms with Crippen molar-refractivity contribution < 1.29 is 4.74 Å². The van der Waals surface area contributed by atoms with Crippen molar-refractivity contribution in [2.24, 2.45) is 0 Å². The number of ether oxygens (including phenoxy) is 1. The second-order valence-corrected chi connectivity index (χ2v) is 4.56. The number of aromatic nitrogens is 2.